The van der Waals surface area contributed by atoms with Crippen LogP contribution >= 0.6 is 0 Å². The number of rotatable bonds is 8. The Labute approximate surface area is 228 Å². The lowest BCUT2D eigenvalue weighted by Gasteiger charge is -2.05. The van der Waals surface area contributed by atoms with Crippen molar-refractivity contribution in [3.8, 4) is 11.5 Å². The van der Waals surface area contributed by atoms with E-state index in [2.05, 4.69) is 20.5 Å². The van der Waals surface area contributed by atoms with E-state index in [4.69, 9.17) is 0 Å². The molecule has 40 heavy (non-hydrogen) atoms. The maximum Gasteiger partial charge on any atom is 0.296 e. The second-order valence-electron chi connectivity index (χ2n) is 8.17. The minimum absolute atomic E-state index is 0.0190. The Morgan fingerprint density at radius 2 is 0.850 bits per heavy atom. The highest BCUT2D eigenvalue weighted by atomic mass is 32.2. The van der Waals surface area contributed by atoms with Crippen LogP contribution in [-0.4, -0.2) is 36.2 Å². The Balaban J connectivity index is 1.63. The summed E-state index contributed by atoms with van der Waals surface area (Å²) in [6, 6.07) is 19.3. The second kappa shape index (κ2) is 11.5. The SMILES string of the molecule is O=S(=O)(O)c1cc(/C=C/c2ccc(N=Nc3ccc(O)cc3)c(S(=O)(=O)O)c2)ccc1N=Nc1ccc(O)cc1. The first kappa shape index (κ1) is 28.3. The molecule has 204 valence electrons. The Hall–Kier alpha value is -4.76. The van der Waals surface area contributed by atoms with Crippen molar-refractivity contribution >= 4 is 55.1 Å². The molecule has 4 N–H and O–H groups in total. The molecule has 0 amide bonds. The van der Waals surface area contributed by atoms with Gasteiger partial charge in [-0.05, 0) is 83.9 Å². The smallest absolute Gasteiger partial charge is 0.296 e. The number of aromatic hydroxyl groups is 2. The first-order chi connectivity index (χ1) is 18.9. The lowest BCUT2D eigenvalue weighted by Crippen LogP contribution is -1.99. The standard InChI is InChI=1S/C26H20N4O8S2/c31-21-9-5-19(6-10-21)27-29-23-13-3-17(15-25(23)39(33,34)35)1-2-18-4-14-24(26(16-18)40(36,37)38)30-28-20-7-11-22(32)12-8-20/h1-16,31-32H,(H,33,34,35)(H,36,37,38)/b2-1+,29-27?,30-28?. The minimum atomic E-state index is -4.69. The fraction of sp³-hybridized carbons (Fsp3) is 0. The molecule has 0 fully saturated rings. The average molecular weight is 581 g/mol. The predicted octanol–water partition coefficient (Wildman–Crippen LogP) is 6.59. The summed E-state index contributed by atoms with van der Waals surface area (Å²) in [4.78, 5) is -1.03. The van der Waals surface area contributed by atoms with Gasteiger partial charge in [0.25, 0.3) is 20.2 Å². The molecular weight excluding hydrogens is 560 g/mol. The van der Waals surface area contributed by atoms with Crippen LogP contribution in [0.3, 0.4) is 0 Å². The molecule has 0 aliphatic heterocycles. The summed E-state index contributed by atoms with van der Waals surface area (Å²) in [6.45, 7) is 0. The van der Waals surface area contributed by atoms with Crippen molar-refractivity contribution in [3.05, 3.63) is 96.1 Å². The fourth-order valence-corrected chi connectivity index (χ4v) is 4.62. The van der Waals surface area contributed by atoms with Gasteiger partial charge in [-0.2, -0.15) is 27.1 Å². The molecule has 0 aromatic heterocycles. The first-order valence-corrected chi connectivity index (χ1v) is 14.1. The van der Waals surface area contributed by atoms with Gasteiger partial charge in [-0.15, -0.1) is 10.2 Å². The zero-order chi connectivity index (χ0) is 28.9. The van der Waals surface area contributed by atoms with Crippen LogP contribution in [0.25, 0.3) is 12.2 Å². The van der Waals surface area contributed by atoms with E-state index < -0.39 is 30.0 Å². The summed E-state index contributed by atoms with van der Waals surface area (Å²) >= 11 is 0. The molecule has 4 rings (SSSR count). The van der Waals surface area contributed by atoms with E-state index in [1.165, 1.54) is 84.9 Å². The van der Waals surface area contributed by atoms with Crippen molar-refractivity contribution < 1.29 is 36.2 Å². The fourth-order valence-electron chi connectivity index (χ4n) is 3.30. The summed E-state index contributed by atoms with van der Waals surface area (Å²) in [7, 11) is -9.38. The molecule has 0 heterocycles. The molecule has 0 spiro atoms. The van der Waals surface area contributed by atoms with Gasteiger partial charge < -0.3 is 10.2 Å². The molecule has 0 aliphatic rings. The van der Waals surface area contributed by atoms with E-state index in [-0.39, 0.29) is 22.9 Å². The molecule has 0 saturated heterocycles. The summed E-state index contributed by atoms with van der Waals surface area (Å²) in [5.41, 5.74) is 1.04. The van der Waals surface area contributed by atoms with E-state index in [0.717, 1.165) is 12.1 Å². The zero-order valence-electron chi connectivity index (χ0n) is 20.3. The molecule has 0 radical (unpaired) electrons. The summed E-state index contributed by atoms with van der Waals surface area (Å²) in [6.07, 6.45) is 2.91. The molecule has 0 bridgehead atoms. The highest BCUT2D eigenvalue weighted by molar-refractivity contribution is 7.86. The van der Waals surface area contributed by atoms with E-state index in [9.17, 15) is 36.2 Å². The number of hydrogen-bond acceptors (Lipinski definition) is 10. The Kier molecular flexibility index (Phi) is 8.16. The molecule has 12 nitrogen and oxygen atoms in total. The third kappa shape index (κ3) is 7.42. The highest BCUT2D eigenvalue weighted by Crippen LogP contribution is 2.31. The summed E-state index contributed by atoms with van der Waals surface area (Å²) < 4.78 is 67.3. The predicted molar refractivity (Wildman–Crippen MR) is 146 cm³/mol. The van der Waals surface area contributed by atoms with Crippen LogP contribution in [0.5, 0.6) is 11.5 Å². The number of benzene rings is 4. The quantitative estimate of drug-likeness (QED) is 0.101. The van der Waals surface area contributed by atoms with Gasteiger partial charge in [-0.3, -0.25) is 9.11 Å². The molecule has 0 atom stereocenters. The van der Waals surface area contributed by atoms with Crippen molar-refractivity contribution in [2.24, 2.45) is 20.5 Å². The van der Waals surface area contributed by atoms with Gasteiger partial charge in [0.1, 0.15) is 32.7 Å². The number of phenols is 2. The van der Waals surface area contributed by atoms with Crippen molar-refractivity contribution in [3.63, 3.8) is 0 Å². The van der Waals surface area contributed by atoms with Gasteiger partial charge in [-0.25, -0.2) is 0 Å². The normalized spacial score (nSPS) is 12.6. The Morgan fingerprint density at radius 3 is 1.18 bits per heavy atom. The van der Waals surface area contributed by atoms with Gasteiger partial charge in [0, 0.05) is 0 Å². The average Bonchev–Trinajstić information content (AvgIpc) is 2.90. The van der Waals surface area contributed by atoms with Crippen LogP contribution in [0.2, 0.25) is 0 Å². The van der Waals surface area contributed by atoms with Gasteiger partial charge >= 0.3 is 0 Å². The van der Waals surface area contributed by atoms with E-state index >= 15 is 0 Å². The third-order valence-corrected chi connectivity index (χ3v) is 7.00. The number of nitrogens with zero attached hydrogens (tertiary/aromatic N) is 4. The topological polar surface area (TPSA) is 199 Å². The monoisotopic (exact) mass is 580 g/mol. The second-order valence-corrected chi connectivity index (χ2v) is 11.0. The van der Waals surface area contributed by atoms with Crippen LogP contribution in [0.4, 0.5) is 22.7 Å². The first-order valence-electron chi connectivity index (χ1n) is 11.2. The molecule has 14 heteroatoms. The van der Waals surface area contributed by atoms with Gasteiger partial charge in [-0.1, -0.05) is 24.3 Å². The molecule has 4 aromatic rings. The van der Waals surface area contributed by atoms with E-state index in [1.807, 2.05) is 0 Å². The molecule has 0 aliphatic carbocycles. The highest BCUT2D eigenvalue weighted by Gasteiger charge is 2.17. The number of hydrogen-bond donors (Lipinski definition) is 4. The van der Waals surface area contributed by atoms with Crippen molar-refractivity contribution in [2.75, 3.05) is 0 Å². The van der Waals surface area contributed by atoms with E-state index in [1.54, 1.807) is 0 Å². The van der Waals surface area contributed by atoms with Gasteiger partial charge in [0.2, 0.25) is 0 Å². The Morgan fingerprint density at radius 1 is 0.500 bits per heavy atom. The Bertz CT molecular complexity index is 1720. The van der Waals surface area contributed by atoms with Crippen molar-refractivity contribution in [2.45, 2.75) is 9.79 Å². The molecular formula is C26H20N4O8S2. The van der Waals surface area contributed by atoms with Crippen LogP contribution in [-0.2, 0) is 20.2 Å². The van der Waals surface area contributed by atoms with Gasteiger partial charge in [0.05, 0.1) is 11.4 Å². The lowest BCUT2D eigenvalue weighted by atomic mass is 10.1. The summed E-state index contributed by atoms with van der Waals surface area (Å²) in [5.74, 6) is 0.0380. The summed E-state index contributed by atoms with van der Waals surface area (Å²) in [5, 5.41) is 34.3. The minimum Gasteiger partial charge on any atom is -0.508 e. The molecule has 0 saturated carbocycles. The van der Waals surface area contributed by atoms with E-state index in [0.29, 0.717) is 22.5 Å². The van der Waals surface area contributed by atoms with Crippen molar-refractivity contribution in [1.82, 2.24) is 0 Å². The molecule has 4 aromatic carbocycles. The van der Waals surface area contributed by atoms with Crippen LogP contribution in [0.15, 0.2) is 115 Å². The van der Waals surface area contributed by atoms with Crippen molar-refractivity contribution in [1.29, 1.82) is 0 Å². The maximum atomic E-state index is 12.0. The third-order valence-electron chi connectivity index (χ3n) is 5.24. The van der Waals surface area contributed by atoms with Crippen LogP contribution in [0.1, 0.15) is 11.1 Å². The van der Waals surface area contributed by atoms with Crippen LogP contribution < -0.4 is 0 Å². The number of phenolic OH excluding ortho intramolecular Hbond substituents is 2. The largest absolute Gasteiger partial charge is 0.508 e. The maximum absolute atomic E-state index is 12.0. The van der Waals surface area contributed by atoms with Gasteiger partial charge in [0.15, 0.2) is 0 Å². The zero-order valence-corrected chi connectivity index (χ0v) is 21.9. The lowest BCUT2D eigenvalue weighted by molar-refractivity contribution is 0.475. The molecule has 0 unspecified atom stereocenters. The number of azo groups is 2. The van der Waals surface area contributed by atoms with Crippen LogP contribution in [0, 0.1) is 0 Å².